The highest BCUT2D eigenvalue weighted by molar-refractivity contribution is 6.30. The number of carbonyl (C=O) groups is 1. The molecule has 5 nitrogen and oxygen atoms in total. The third-order valence-corrected chi connectivity index (χ3v) is 5.82. The van der Waals surface area contributed by atoms with Crippen LogP contribution in [-0.2, 0) is 17.4 Å². The van der Waals surface area contributed by atoms with E-state index in [4.69, 9.17) is 16.3 Å². The Balaban J connectivity index is 1.63. The highest BCUT2D eigenvalue weighted by Crippen LogP contribution is 2.30. The van der Waals surface area contributed by atoms with E-state index >= 15 is 0 Å². The molecule has 1 atom stereocenters. The minimum Gasteiger partial charge on any atom is -0.462 e. The molecule has 0 saturated heterocycles. The lowest BCUT2D eigenvalue weighted by atomic mass is 9.91. The second-order valence-electron chi connectivity index (χ2n) is 8.97. The first-order chi connectivity index (χ1) is 16.9. The van der Waals surface area contributed by atoms with Crippen LogP contribution in [0.1, 0.15) is 37.5 Å². The van der Waals surface area contributed by atoms with Crippen LogP contribution in [0.2, 0.25) is 5.02 Å². The zero-order valence-electron chi connectivity index (χ0n) is 20.0. The number of hydrogen-bond donors (Lipinski definition) is 1. The minimum absolute atomic E-state index is 0.0125. The first kappa shape index (κ1) is 27.0. The summed E-state index contributed by atoms with van der Waals surface area (Å²) in [4.78, 5) is 16.4. The largest absolute Gasteiger partial charge is 0.462 e. The van der Waals surface area contributed by atoms with Crippen LogP contribution in [0.5, 0.6) is 5.88 Å². The standard InChI is InChI=1S/C27H25ClF3N3O2/c1-17(13-19-5-4-6-22(23(19)14-32)18-7-10-21(28)11-8-18)15-34-25(35)26(2,3)36-24-12-9-20(16-33-24)27(29,30)31/h4-12,16-17H,13,15H2,1-3H3,(H,34,35). The van der Waals surface area contributed by atoms with E-state index in [1.165, 1.54) is 13.8 Å². The van der Waals surface area contributed by atoms with E-state index in [1.54, 1.807) is 12.1 Å². The average molecular weight is 516 g/mol. The van der Waals surface area contributed by atoms with Gasteiger partial charge in [-0.2, -0.15) is 18.4 Å². The van der Waals surface area contributed by atoms with Crippen molar-refractivity contribution in [3.05, 3.63) is 82.5 Å². The van der Waals surface area contributed by atoms with Gasteiger partial charge in [0, 0.05) is 23.8 Å². The summed E-state index contributed by atoms with van der Waals surface area (Å²) >= 11 is 5.98. The van der Waals surface area contributed by atoms with Gasteiger partial charge in [-0.05, 0) is 61.1 Å². The van der Waals surface area contributed by atoms with E-state index in [0.717, 1.165) is 28.8 Å². The molecule has 1 aromatic heterocycles. The summed E-state index contributed by atoms with van der Waals surface area (Å²) in [6, 6.07) is 17.1. The number of nitrogens with zero attached hydrogens (tertiary/aromatic N) is 2. The Labute approximate surface area is 212 Å². The van der Waals surface area contributed by atoms with Crippen LogP contribution in [0.15, 0.2) is 60.8 Å². The molecule has 0 bridgehead atoms. The molecule has 3 aromatic rings. The van der Waals surface area contributed by atoms with E-state index in [9.17, 15) is 23.2 Å². The van der Waals surface area contributed by atoms with Crippen LogP contribution in [0.3, 0.4) is 0 Å². The van der Waals surface area contributed by atoms with Gasteiger partial charge in [0.1, 0.15) is 6.07 Å². The first-order valence-electron chi connectivity index (χ1n) is 11.2. The fraction of sp³-hybridized carbons (Fsp3) is 0.296. The molecule has 0 spiro atoms. The molecule has 3 rings (SSSR count). The maximum absolute atomic E-state index is 12.7. The number of halogens is 4. The number of hydrogen-bond acceptors (Lipinski definition) is 4. The van der Waals surface area contributed by atoms with E-state index in [0.29, 0.717) is 29.7 Å². The number of carbonyl (C=O) groups excluding carboxylic acids is 1. The lowest BCUT2D eigenvalue weighted by molar-refractivity contribution is -0.138. The van der Waals surface area contributed by atoms with Crippen molar-refractivity contribution in [2.24, 2.45) is 5.92 Å². The van der Waals surface area contributed by atoms with Crippen molar-refractivity contribution in [2.75, 3.05) is 6.54 Å². The maximum Gasteiger partial charge on any atom is 0.417 e. The van der Waals surface area contributed by atoms with Gasteiger partial charge in [-0.3, -0.25) is 4.79 Å². The number of amides is 1. The van der Waals surface area contributed by atoms with Crippen molar-refractivity contribution in [1.82, 2.24) is 10.3 Å². The third-order valence-electron chi connectivity index (χ3n) is 5.57. The van der Waals surface area contributed by atoms with Crippen molar-refractivity contribution < 1.29 is 22.7 Å². The van der Waals surface area contributed by atoms with Gasteiger partial charge in [-0.25, -0.2) is 4.98 Å². The second kappa shape index (κ2) is 11.0. The first-order valence-corrected chi connectivity index (χ1v) is 11.6. The Hall–Kier alpha value is -3.57. The summed E-state index contributed by atoms with van der Waals surface area (Å²) in [7, 11) is 0. The minimum atomic E-state index is -4.51. The molecule has 2 aromatic carbocycles. The molecule has 1 unspecified atom stereocenters. The summed E-state index contributed by atoms with van der Waals surface area (Å²) in [6.45, 7) is 5.27. The quantitative estimate of drug-likeness (QED) is 0.374. The fourth-order valence-corrected chi connectivity index (χ4v) is 3.74. The van der Waals surface area contributed by atoms with Crippen molar-refractivity contribution in [1.29, 1.82) is 5.26 Å². The highest BCUT2D eigenvalue weighted by Gasteiger charge is 2.33. The molecule has 0 aliphatic heterocycles. The number of nitriles is 1. The molecular formula is C27H25ClF3N3O2. The Kier molecular flexibility index (Phi) is 8.26. The number of rotatable bonds is 8. The van der Waals surface area contributed by atoms with E-state index in [2.05, 4.69) is 16.4 Å². The van der Waals surface area contributed by atoms with Crippen LogP contribution < -0.4 is 10.1 Å². The lowest BCUT2D eigenvalue weighted by Gasteiger charge is -2.25. The van der Waals surface area contributed by atoms with Gasteiger partial charge >= 0.3 is 6.18 Å². The molecule has 36 heavy (non-hydrogen) atoms. The van der Waals surface area contributed by atoms with Crippen LogP contribution in [0, 0.1) is 17.2 Å². The fourth-order valence-electron chi connectivity index (χ4n) is 3.62. The summed E-state index contributed by atoms with van der Waals surface area (Å²) in [5, 5.41) is 13.3. The van der Waals surface area contributed by atoms with Gasteiger partial charge in [-0.1, -0.05) is 48.9 Å². The van der Waals surface area contributed by atoms with Crippen molar-refractivity contribution in [3.63, 3.8) is 0 Å². The van der Waals surface area contributed by atoms with E-state index in [-0.39, 0.29) is 11.8 Å². The smallest absolute Gasteiger partial charge is 0.417 e. The Morgan fingerprint density at radius 2 is 1.83 bits per heavy atom. The third kappa shape index (κ3) is 6.76. The number of aromatic nitrogens is 1. The Morgan fingerprint density at radius 1 is 1.14 bits per heavy atom. The van der Waals surface area contributed by atoms with E-state index in [1.807, 2.05) is 37.3 Å². The van der Waals surface area contributed by atoms with Gasteiger partial charge in [0.2, 0.25) is 5.88 Å². The van der Waals surface area contributed by atoms with Crippen LogP contribution in [0.25, 0.3) is 11.1 Å². The number of nitrogens with one attached hydrogen (secondary N) is 1. The molecule has 0 saturated carbocycles. The second-order valence-corrected chi connectivity index (χ2v) is 9.41. The maximum atomic E-state index is 12.7. The molecule has 1 N–H and O–H groups in total. The zero-order valence-corrected chi connectivity index (χ0v) is 20.7. The molecule has 1 amide bonds. The summed E-state index contributed by atoms with van der Waals surface area (Å²) < 4.78 is 43.7. The SMILES string of the molecule is CC(CNC(=O)C(C)(C)Oc1ccc(C(F)(F)F)cn1)Cc1cccc(-c2ccc(Cl)cc2)c1C#N. The van der Waals surface area contributed by atoms with Crippen molar-refractivity contribution in [3.8, 4) is 23.1 Å². The summed E-state index contributed by atoms with van der Waals surface area (Å²) in [6.07, 6.45) is -3.29. The highest BCUT2D eigenvalue weighted by atomic mass is 35.5. The molecule has 0 radical (unpaired) electrons. The molecule has 0 aliphatic carbocycles. The van der Waals surface area contributed by atoms with E-state index < -0.39 is 23.2 Å². The molecular weight excluding hydrogens is 491 g/mol. The van der Waals surface area contributed by atoms with Gasteiger partial charge < -0.3 is 10.1 Å². The molecule has 0 fully saturated rings. The monoisotopic (exact) mass is 515 g/mol. The van der Waals surface area contributed by atoms with Crippen LogP contribution in [0.4, 0.5) is 13.2 Å². The topological polar surface area (TPSA) is 75.0 Å². The normalized spacial score (nSPS) is 12.5. The molecule has 188 valence electrons. The Morgan fingerprint density at radius 3 is 2.42 bits per heavy atom. The average Bonchev–Trinajstić information content (AvgIpc) is 2.82. The van der Waals surface area contributed by atoms with Crippen LogP contribution in [-0.4, -0.2) is 23.0 Å². The van der Waals surface area contributed by atoms with Gasteiger partial charge in [0.25, 0.3) is 5.91 Å². The van der Waals surface area contributed by atoms with Gasteiger partial charge in [0.15, 0.2) is 5.60 Å². The predicted octanol–water partition coefficient (Wildman–Crippen LogP) is 6.44. The Bertz CT molecular complexity index is 1250. The number of alkyl halides is 3. The zero-order chi connectivity index (χ0) is 26.5. The molecule has 9 heteroatoms. The predicted molar refractivity (Wildman–Crippen MR) is 131 cm³/mol. The number of pyridine rings is 1. The van der Waals surface area contributed by atoms with Crippen molar-refractivity contribution in [2.45, 2.75) is 39.0 Å². The molecule has 1 heterocycles. The number of benzene rings is 2. The molecule has 0 aliphatic rings. The lowest BCUT2D eigenvalue weighted by Crippen LogP contribution is -2.47. The van der Waals surface area contributed by atoms with Gasteiger partial charge in [0.05, 0.1) is 11.1 Å². The van der Waals surface area contributed by atoms with Crippen LogP contribution >= 0.6 is 11.6 Å². The summed E-state index contributed by atoms with van der Waals surface area (Å²) in [5.74, 6) is -0.540. The van der Waals surface area contributed by atoms with Crippen molar-refractivity contribution >= 4 is 17.5 Å². The number of ether oxygens (including phenoxy) is 1. The summed E-state index contributed by atoms with van der Waals surface area (Å²) in [5.41, 5.74) is 0.851. The van der Waals surface area contributed by atoms with Gasteiger partial charge in [-0.15, -0.1) is 0 Å².